The average Bonchev–Trinajstić information content (AvgIpc) is 2.81. The van der Waals surface area contributed by atoms with Crippen LogP contribution < -0.4 is 15.6 Å². The zero-order chi connectivity index (χ0) is 21.6. The zero-order valence-electron chi connectivity index (χ0n) is 16.7. The number of thioether (sulfide) groups is 1. The lowest BCUT2D eigenvalue weighted by Gasteiger charge is -2.13. The van der Waals surface area contributed by atoms with Gasteiger partial charge in [0.2, 0.25) is 5.91 Å². The minimum atomic E-state index is -0.297. The molecule has 2 heterocycles. The van der Waals surface area contributed by atoms with Gasteiger partial charge in [-0.05, 0) is 17.7 Å². The van der Waals surface area contributed by atoms with E-state index < -0.39 is 0 Å². The Bertz CT molecular complexity index is 1280. The number of methoxy groups -OCH3 is 1. The van der Waals surface area contributed by atoms with Gasteiger partial charge < -0.3 is 10.1 Å². The number of hydrogen-bond acceptors (Lipinski definition) is 7. The van der Waals surface area contributed by atoms with E-state index in [9.17, 15) is 9.59 Å². The largest absolute Gasteiger partial charge is 0.495 e. The maximum atomic E-state index is 13.1. The van der Waals surface area contributed by atoms with Gasteiger partial charge in [-0.1, -0.05) is 54.2 Å². The van der Waals surface area contributed by atoms with Crippen molar-refractivity contribution in [3.05, 3.63) is 82.9 Å². The Morgan fingerprint density at radius 3 is 2.61 bits per heavy atom. The number of carbonyl (C=O) groups is 1. The van der Waals surface area contributed by atoms with Crippen LogP contribution in [0.5, 0.6) is 5.75 Å². The fraction of sp³-hybridized carbons (Fsp3) is 0.136. The van der Waals surface area contributed by atoms with Crippen molar-refractivity contribution in [1.82, 2.24) is 19.5 Å². The number of nitrogens with zero attached hydrogens (tertiary/aromatic N) is 4. The Balaban J connectivity index is 1.60. The van der Waals surface area contributed by atoms with Gasteiger partial charge in [0.05, 0.1) is 25.1 Å². The van der Waals surface area contributed by atoms with Gasteiger partial charge in [-0.25, -0.2) is 15.0 Å². The number of fused-ring (bicyclic) bond motifs is 1. The molecule has 31 heavy (non-hydrogen) atoms. The topological polar surface area (TPSA) is 99.0 Å². The molecule has 0 spiro atoms. The molecule has 0 radical (unpaired) electrons. The molecule has 1 amide bonds. The number of rotatable bonds is 7. The molecule has 156 valence electrons. The SMILES string of the molecule is COc1ccccc1NC(=O)CSc1nc2nccnc2c(=O)n1Cc1ccccc1. The van der Waals surface area contributed by atoms with Crippen LogP contribution in [0, 0.1) is 0 Å². The number of para-hydroxylation sites is 2. The molecule has 4 aromatic rings. The molecule has 9 heteroatoms. The normalized spacial score (nSPS) is 10.7. The molecule has 2 aromatic carbocycles. The predicted molar refractivity (Wildman–Crippen MR) is 119 cm³/mol. The minimum absolute atomic E-state index is 0.0606. The average molecular weight is 433 g/mol. The summed E-state index contributed by atoms with van der Waals surface area (Å²) in [7, 11) is 1.54. The maximum Gasteiger partial charge on any atom is 0.282 e. The van der Waals surface area contributed by atoms with Crippen molar-refractivity contribution in [3.8, 4) is 5.75 Å². The standard InChI is InChI=1S/C22H19N5O3S/c1-30-17-10-6-5-9-16(17)25-18(28)14-31-22-26-20-19(23-11-12-24-20)21(29)27(22)13-15-7-3-2-4-8-15/h2-12H,13-14H2,1H3,(H,25,28). The van der Waals surface area contributed by atoms with Crippen molar-refractivity contribution in [2.24, 2.45) is 0 Å². The summed E-state index contributed by atoms with van der Waals surface area (Å²) in [6.07, 6.45) is 2.95. The van der Waals surface area contributed by atoms with E-state index in [1.165, 1.54) is 28.7 Å². The van der Waals surface area contributed by atoms with E-state index in [-0.39, 0.29) is 28.4 Å². The Morgan fingerprint density at radius 1 is 1.06 bits per heavy atom. The van der Waals surface area contributed by atoms with Crippen molar-refractivity contribution in [2.45, 2.75) is 11.7 Å². The first-order chi connectivity index (χ1) is 15.2. The molecule has 0 saturated heterocycles. The monoisotopic (exact) mass is 433 g/mol. The Kier molecular flexibility index (Phi) is 6.23. The summed E-state index contributed by atoms with van der Waals surface area (Å²) in [4.78, 5) is 38.4. The van der Waals surface area contributed by atoms with Gasteiger partial charge in [-0.3, -0.25) is 14.2 Å². The first-order valence-corrected chi connectivity index (χ1v) is 10.5. The van der Waals surface area contributed by atoms with Crippen LogP contribution in [0.1, 0.15) is 5.56 Å². The van der Waals surface area contributed by atoms with E-state index in [2.05, 4.69) is 20.3 Å². The summed E-state index contributed by atoms with van der Waals surface area (Å²) in [5, 5.41) is 3.22. The van der Waals surface area contributed by atoms with E-state index in [0.717, 1.165) is 5.56 Å². The van der Waals surface area contributed by atoms with Gasteiger partial charge in [-0.15, -0.1) is 0 Å². The van der Waals surface area contributed by atoms with Gasteiger partial charge in [0.15, 0.2) is 16.3 Å². The molecule has 2 aromatic heterocycles. The fourth-order valence-electron chi connectivity index (χ4n) is 3.01. The number of carbonyl (C=O) groups excluding carboxylic acids is 1. The highest BCUT2D eigenvalue weighted by Crippen LogP contribution is 2.24. The highest BCUT2D eigenvalue weighted by Gasteiger charge is 2.16. The second-order valence-electron chi connectivity index (χ2n) is 6.54. The van der Waals surface area contributed by atoms with E-state index in [1.807, 2.05) is 42.5 Å². The molecule has 4 rings (SSSR count). The summed E-state index contributed by atoms with van der Waals surface area (Å²) in [6.45, 7) is 0.315. The summed E-state index contributed by atoms with van der Waals surface area (Å²) >= 11 is 1.17. The van der Waals surface area contributed by atoms with Crippen LogP contribution in [-0.4, -0.2) is 38.3 Å². The summed E-state index contributed by atoms with van der Waals surface area (Å²) < 4.78 is 6.79. The molecule has 8 nitrogen and oxygen atoms in total. The molecule has 0 aliphatic carbocycles. The molecule has 0 aliphatic rings. The lowest BCUT2D eigenvalue weighted by molar-refractivity contribution is -0.113. The second-order valence-corrected chi connectivity index (χ2v) is 7.48. The predicted octanol–water partition coefficient (Wildman–Crippen LogP) is 2.97. The smallest absolute Gasteiger partial charge is 0.282 e. The number of hydrogen-bond donors (Lipinski definition) is 1. The summed E-state index contributed by atoms with van der Waals surface area (Å²) in [6, 6.07) is 16.7. The number of amides is 1. The Hall–Kier alpha value is -3.72. The number of nitrogens with one attached hydrogen (secondary N) is 1. The van der Waals surface area contributed by atoms with Gasteiger partial charge in [0.25, 0.3) is 5.56 Å². The van der Waals surface area contributed by atoms with Gasteiger partial charge >= 0.3 is 0 Å². The quantitative estimate of drug-likeness (QED) is 0.353. The third-order valence-corrected chi connectivity index (χ3v) is 5.43. The van der Waals surface area contributed by atoms with E-state index in [0.29, 0.717) is 23.1 Å². The van der Waals surface area contributed by atoms with Crippen LogP contribution in [0.4, 0.5) is 5.69 Å². The zero-order valence-corrected chi connectivity index (χ0v) is 17.5. The van der Waals surface area contributed by atoms with E-state index in [1.54, 1.807) is 19.2 Å². The van der Waals surface area contributed by atoms with Crippen LogP contribution >= 0.6 is 11.8 Å². The van der Waals surface area contributed by atoms with Gasteiger partial charge in [0, 0.05) is 12.4 Å². The molecule has 0 unspecified atom stereocenters. The van der Waals surface area contributed by atoms with Crippen molar-refractivity contribution in [2.75, 3.05) is 18.2 Å². The van der Waals surface area contributed by atoms with Gasteiger partial charge in [-0.2, -0.15) is 0 Å². The number of aromatic nitrogens is 4. The van der Waals surface area contributed by atoms with Crippen LogP contribution in [0.2, 0.25) is 0 Å². The Morgan fingerprint density at radius 2 is 1.81 bits per heavy atom. The molecular weight excluding hydrogens is 414 g/mol. The second kappa shape index (κ2) is 9.40. The van der Waals surface area contributed by atoms with Crippen LogP contribution in [0.15, 0.2) is 76.9 Å². The summed E-state index contributed by atoms with van der Waals surface area (Å²) in [5.41, 5.74) is 1.67. The molecule has 0 atom stereocenters. The lowest BCUT2D eigenvalue weighted by atomic mass is 10.2. The highest BCUT2D eigenvalue weighted by molar-refractivity contribution is 7.99. The third kappa shape index (κ3) is 4.72. The first kappa shape index (κ1) is 20.5. The highest BCUT2D eigenvalue weighted by atomic mass is 32.2. The molecule has 1 N–H and O–H groups in total. The molecule has 0 aliphatic heterocycles. The van der Waals surface area contributed by atoms with Gasteiger partial charge in [0.1, 0.15) is 5.75 Å². The molecular formula is C22H19N5O3S. The molecule has 0 fully saturated rings. The van der Waals surface area contributed by atoms with Crippen LogP contribution in [0.25, 0.3) is 11.2 Å². The number of ether oxygens (including phenoxy) is 1. The summed E-state index contributed by atoms with van der Waals surface area (Å²) in [5.74, 6) is 0.389. The van der Waals surface area contributed by atoms with Crippen molar-refractivity contribution >= 4 is 34.5 Å². The third-order valence-electron chi connectivity index (χ3n) is 4.46. The van der Waals surface area contributed by atoms with E-state index >= 15 is 0 Å². The molecule has 0 bridgehead atoms. The fourth-order valence-corrected chi connectivity index (χ4v) is 3.80. The number of benzene rings is 2. The lowest BCUT2D eigenvalue weighted by Crippen LogP contribution is -2.25. The van der Waals surface area contributed by atoms with E-state index in [4.69, 9.17) is 4.74 Å². The minimum Gasteiger partial charge on any atom is -0.495 e. The van der Waals surface area contributed by atoms with Crippen LogP contribution in [-0.2, 0) is 11.3 Å². The Labute approximate surface area is 182 Å². The molecule has 0 saturated carbocycles. The maximum absolute atomic E-state index is 13.1. The van der Waals surface area contributed by atoms with Crippen molar-refractivity contribution in [1.29, 1.82) is 0 Å². The van der Waals surface area contributed by atoms with Crippen molar-refractivity contribution < 1.29 is 9.53 Å². The van der Waals surface area contributed by atoms with Crippen LogP contribution in [0.3, 0.4) is 0 Å². The first-order valence-electron chi connectivity index (χ1n) is 9.47. The number of anilines is 1. The van der Waals surface area contributed by atoms with Crippen molar-refractivity contribution in [3.63, 3.8) is 0 Å².